The Bertz CT molecular complexity index is 2080. The third-order valence-electron chi connectivity index (χ3n) is 7.62. The summed E-state index contributed by atoms with van der Waals surface area (Å²) in [5.41, 5.74) is 10.7. The van der Waals surface area contributed by atoms with Gasteiger partial charge in [-0.15, -0.1) is 0 Å². The highest BCUT2D eigenvalue weighted by Crippen LogP contribution is 2.36. The van der Waals surface area contributed by atoms with E-state index in [-0.39, 0.29) is 0 Å². The van der Waals surface area contributed by atoms with Gasteiger partial charge in [0, 0.05) is 62.9 Å². The molecule has 0 bridgehead atoms. The van der Waals surface area contributed by atoms with Gasteiger partial charge in [0.05, 0.1) is 11.4 Å². The summed E-state index contributed by atoms with van der Waals surface area (Å²) in [5.74, 6) is 0. The largest absolute Gasteiger partial charge is 0.437 e. The third kappa shape index (κ3) is 3.95. The standard InChI is InChI=1S/C35H24N4O2/c1-20-9-13-26-24-5-3-7-28(32(24)40-34(26)38-20)30-15-11-22(18-36-30)17-23-12-16-31(37-19-23)29-8-4-6-25-27-14-10-21(2)39-35(27)41-33(25)29/h3-16,18-19H,17H2,1-2H3. The van der Waals surface area contributed by atoms with Crippen molar-refractivity contribution in [2.45, 2.75) is 20.3 Å². The smallest absolute Gasteiger partial charge is 0.227 e. The Kier molecular flexibility index (Phi) is 5.22. The number of aryl methyl sites for hydroxylation is 2. The van der Waals surface area contributed by atoms with E-state index >= 15 is 0 Å². The van der Waals surface area contributed by atoms with Gasteiger partial charge in [0.25, 0.3) is 0 Å². The second-order valence-electron chi connectivity index (χ2n) is 10.5. The highest BCUT2D eigenvalue weighted by Gasteiger charge is 2.15. The molecule has 0 fully saturated rings. The second kappa shape index (κ2) is 9.10. The Hall–Kier alpha value is -5.36. The van der Waals surface area contributed by atoms with Crippen molar-refractivity contribution in [3.8, 4) is 22.5 Å². The number of benzene rings is 2. The molecule has 6 nitrogen and oxygen atoms in total. The molecule has 6 heterocycles. The summed E-state index contributed by atoms with van der Waals surface area (Å²) in [7, 11) is 0. The highest BCUT2D eigenvalue weighted by molar-refractivity contribution is 6.09. The van der Waals surface area contributed by atoms with E-state index < -0.39 is 0 Å². The summed E-state index contributed by atoms with van der Waals surface area (Å²) in [5, 5.41) is 4.13. The van der Waals surface area contributed by atoms with Crippen LogP contribution in [-0.2, 0) is 6.42 Å². The summed E-state index contributed by atoms with van der Waals surface area (Å²) in [4.78, 5) is 18.7. The molecule has 2 aromatic carbocycles. The van der Waals surface area contributed by atoms with E-state index in [1.165, 1.54) is 0 Å². The zero-order chi connectivity index (χ0) is 27.5. The molecule has 6 heteroatoms. The number of hydrogen-bond acceptors (Lipinski definition) is 6. The van der Waals surface area contributed by atoms with Crippen LogP contribution in [0.25, 0.3) is 66.7 Å². The molecular formula is C35H24N4O2. The molecule has 0 saturated heterocycles. The van der Waals surface area contributed by atoms with Crippen molar-refractivity contribution in [2.75, 3.05) is 0 Å². The molecule has 0 atom stereocenters. The molecule has 6 aromatic heterocycles. The van der Waals surface area contributed by atoms with Crippen LogP contribution in [0.4, 0.5) is 0 Å². The first kappa shape index (κ1) is 23.5. The number of rotatable bonds is 4. The van der Waals surface area contributed by atoms with Crippen LogP contribution in [0.5, 0.6) is 0 Å². The lowest BCUT2D eigenvalue weighted by atomic mass is 10.0. The van der Waals surface area contributed by atoms with Crippen LogP contribution >= 0.6 is 0 Å². The van der Waals surface area contributed by atoms with Gasteiger partial charge in [-0.1, -0.05) is 36.4 Å². The van der Waals surface area contributed by atoms with E-state index in [1.54, 1.807) is 0 Å². The monoisotopic (exact) mass is 532 g/mol. The Labute approximate surface area is 235 Å². The summed E-state index contributed by atoms with van der Waals surface area (Å²) >= 11 is 0. The van der Waals surface area contributed by atoms with Gasteiger partial charge in [-0.25, -0.2) is 9.97 Å². The Morgan fingerprint density at radius 1 is 0.512 bits per heavy atom. The minimum atomic E-state index is 0.656. The number of nitrogens with zero attached hydrogens (tertiary/aromatic N) is 4. The van der Waals surface area contributed by atoms with Crippen LogP contribution in [0.2, 0.25) is 0 Å². The molecule has 0 N–H and O–H groups in total. The summed E-state index contributed by atoms with van der Waals surface area (Å²) in [6, 6.07) is 28.8. The molecule has 8 aromatic rings. The zero-order valence-corrected chi connectivity index (χ0v) is 22.6. The van der Waals surface area contributed by atoms with Crippen LogP contribution in [0.1, 0.15) is 22.5 Å². The lowest BCUT2D eigenvalue weighted by molar-refractivity contribution is 0.653. The SMILES string of the molecule is Cc1ccc2c(n1)oc1c(-c3ccc(Cc4ccc(-c5cccc6c5oc5nc(C)ccc56)nc4)cn3)cccc12. The first-order chi connectivity index (χ1) is 20.1. The van der Waals surface area contributed by atoms with Gasteiger partial charge in [0.2, 0.25) is 11.4 Å². The fourth-order valence-electron chi connectivity index (χ4n) is 5.56. The molecular weight excluding hydrogens is 508 g/mol. The summed E-state index contributed by atoms with van der Waals surface area (Å²) in [6.07, 6.45) is 4.59. The topological polar surface area (TPSA) is 77.8 Å². The normalized spacial score (nSPS) is 11.8. The van der Waals surface area contributed by atoms with Crippen molar-refractivity contribution in [1.82, 2.24) is 19.9 Å². The van der Waals surface area contributed by atoms with Crippen LogP contribution in [-0.4, -0.2) is 19.9 Å². The van der Waals surface area contributed by atoms with Gasteiger partial charge in [-0.05, 0) is 73.5 Å². The van der Waals surface area contributed by atoms with Crippen LogP contribution < -0.4 is 0 Å². The lowest BCUT2D eigenvalue weighted by Gasteiger charge is -2.06. The number of furan rings is 2. The van der Waals surface area contributed by atoms with Crippen molar-refractivity contribution in [3.05, 3.63) is 120 Å². The van der Waals surface area contributed by atoms with Crippen molar-refractivity contribution in [2.24, 2.45) is 0 Å². The number of hydrogen-bond donors (Lipinski definition) is 0. The molecule has 0 radical (unpaired) electrons. The molecule has 0 aliphatic heterocycles. The zero-order valence-electron chi connectivity index (χ0n) is 22.6. The number of pyridine rings is 4. The van der Waals surface area contributed by atoms with E-state index in [0.29, 0.717) is 11.4 Å². The van der Waals surface area contributed by atoms with Gasteiger partial charge in [-0.3, -0.25) is 9.97 Å². The third-order valence-corrected chi connectivity index (χ3v) is 7.62. The fourth-order valence-corrected chi connectivity index (χ4v) is 5.56. The predicted molar refractivity (Wildman–Crippen MR) is 162 cm³/mol. The Morgan fingerprint density at radius 2 is 1.00 bits per heavy atom. The Morgan fingerprint density at radius 3 is 1.44 bits per heavy atom. The molecule has 0 spiro atoms. The van der Waals surface area contributed by atoms with Crippen molar-refractivity contribution in [1.29, 1.82) is 0 Å². The first-order valence-corrected chi connectivity index (χ1v) is 13.6. The van der Waals surface area contributed by atoms with E-state index in [4.69, 9.17) is 18.8 Å². The average molecular weight is 533 g/mol. The van der Waals surface area contributed by atoms with Crippen LogP contribution in [0, 0.1) is 13.8 Å². The van der Waals surface area contributed by atoms with E-state index in [1.807, 2.05) is 62.6 Å². The van der Waals surface area contributed by atoms with Gasteiger partial charge in [0.15, 0.2) is 0 Å². The van der Waals surface area contributed by atoms with Gasteiger partial charge >= 0.3 is 0 Å². The van der Waals surface area contributed by atoms with Crippen LogP contribution in [0.15, 0.2) is 106 Å². The first-order valence-electron chi connectivity index (χ1n) is 13.6. The summed E-state index contributed by atoms with van der Waals surface area (Å²) in [6.45, 7) is 3.94. The van der Waals surface area contributed by atoms with Gasteiger partial charge in [0.1, 0.15) is 11.2 Å². The average Bonchev–Trinajstić information content (AvgIpc) is 3.55. The molecule has 8 rings (SSSR count). The lowest BCUT2D eigenvalue weighted by Crippen LogP contribution is -1.93. The maximum atomic E-state index is 6.17. The molecule has 0 aliphatic carbocycles. The molecule has 196 valence electrons. The maximum absolute atomic E-state index is 6.17. The fraction of sp³-hybridized carbons (Fsp3) is 0.0857. The minimum absolute atomic E-state index is 0.656. The molecule has 0 saturated carbocycles. The van der Waals surface area contributed by atoms with Gasteiger partial charge in [-0.2, -0.15) is 0 Å². The molecule has 41 heavy (non-hydrogen) atoms. The highest BCUT2D eigenvalue weighted by atomic mass is 16.3. The quantitative estimate of drug-likeness (QED) is 0.226. The number of fused-ring (bicyclic) bond motifs is 6. The Balaban J connectivity index is 1.07. The maximum Gasteiger partial charge on any atom is 0.227 e. The van der Waals surface area contributed by atoms with Gasteiger partial charge < -0.3 is 8.83 Å². The van der Waals surface area contributed by atoms with Crippen LogP contribution in [0.3, 0.4) is 0 Å². The summed E-state index contributed by atoms with van der Waals surface area (Å²) < 4.78 is 12.3. The second-order valence-corrected chi connectivity index (χ2v) is 10.5. The predicted octanol–water partition coefficient (Wildman–Crippen LogP) is 8.61. The molecule has 0 amide bonds. The van der Waals surface area contributed by atoms with Crippen molar-refractivity contribution < 1.29 is 8.83 Å². The van der Waals surface area contributed by atoms with E-state index in [9.17, 15) is 0 Å². The molecule has 0 unspecified atom stereocenters. The van der Waals surface area contributed by atoms with E-state index in [0.717, 1.165) is 84.2 Å². The van der Waals surface area contributed by atoms with Crippen molar-refractivity contribution >= 4 is 44.1 Å². The number of para-hydroxylation sites is 2. The molecule has 0 aliphatic rings. The van der Waals surface area contributed by atoms with E-state index in [2.05, 4.69) is 58.5 Å². The number of aromatic nitrogens is 4. The minimum Gasteiger partial charge on any atom is -0.437 e. The van der Waals surface area contributed by atoms with Crippen molar-refractivity contribution in [3.63, 3.8) is 0 Å².